The lowest BCUT2D eigenvalue weighted by atomic mass is 10.2. The third-order valence-electron chi connectivity index (χ3n) is 2.31. The number of carbonyl (C=O) groups is 1. The number of benzene rings is 1. The van der Waals surface area contributed by atoms with Crippen LogP contribution in [0.25, 0.3) is 0 Å². The van der Waals surface area contributed by atoms with Crippen molar-refractivity contribution in [3.63, 3.8) is 0 Å². The molecule has 1 rings (SSSR count). The smallest absolute Gasteiger partial charge is 0.224 e. The molecule has 0 aliphatic heterocycles. The molecular weight excluding hydrogens is 200 g/mol. The van der Waals surface area contributed by atoms with Gasteiger partial charge < -0.3 is 5.32 Å². The van der Waals surface area contributed by atoms with Gasteiger partial charge in [0.15, 0.2) is 0 Å². The van der Waals surface area contributed by atoms with Crippen LogP contribution in [-0.4, -0.2) is 5.91 Å². The largest absolute Gasteiger partial charge is 0.326 e. The van der Waals surface area contributed by atoms with Crippen LogP contribution in [0, 0.1) is 11.3 Å². The molecule has 0 atom stereocenters. The van der Waals surface area contributed by atoms with E-state index in [1.54, 1.807) is 24.3 Å². The number of rotatable bonds is 5. The first kappa shape index (κ1) is 12.3. The van der Waals surface area contributed by atoms with E-state index in [1.165, 1.54) is 0 Å². The minimum absolute atomic E-state index is 0.0400. The Morgan fingerprint density at radius 3 is 2.56 bits per heavy atom. The number of nitrogens with one attached hydrogen (secondary N) is 1. The average Bonchev–Trinajstić information content (AvgIpc) is 2.30. The molecule has 0 fully saturated rings. The molecule has 0 spiro atoms. The van der Waals surface area contributed by atoms with E-state index >= 15 is 0 Å². The fourth-order valence-corrected chi connectivity index (χ4v) is 1.39. The van der Waals surface area contributed by atoms with Crippen LogP contribution in [0.2, 0.25) is 0 Å². The highest BCUT2D eigenvalue weighted by atomic mass is 16.1. The van der Waals surface area contributed by atoms with Gasteiger partial charge in [0.25, 0.3) is 0 Å². The van der Waals surface area contributed by atoms with Crippen LogP contribution in [0.4, 0.5) is 5.69 Å². The number of unbranched alkanes of at least 4 members (excludes halogenated alkanes) is 2. The summed E-state index contributed by atoms with van der Waals surface area (Å²) in [5.41, 5.74) is 1.35. The molecule has 1 N–H and O–H groups in total. The molecule has 3 heteroatoms. The van der Waals surface area contributed by atoms with Gasteiger partial charge in [-0.25, -0.2) is 0 Å². The number of nitriles is 1. The van der Waals surface area contributed by atoms with Gasteiger partial charge in [-0.1, -0.05) is 19.8 Å². The highest BCUT2D eigenvalue weighted by Gasteiger charge is 2.01. The zero-order valence-corrected chi connectivity index (χ0v) is 9.49. The standard InChI is InChI=1S/C13H16N2O/c1-2-3-4-5-13(16)15-12-8-6-11(10-14)7-9-12/h6-9H,2-5H2,1H3,(H,15,16). The number of nitrogens with zero attached hydrogens (tertiary/aromatic N) is 1. The minimum Gasteiger partial charge on any atom is -0.326 e. The predicted octanol–water partition coefficient (Wildman–Crippen LogP) is 3.08. The first-order valence-electron chi connectivity index (χ1n) is 5.56. The molecule has 3 nitrogen and oxygen atoms in total. The topological polar surface area (TPSA) is 52.9 Å². The van der Waals surface area contributed by atoms with Crippen molar-refractivity contribution in [1.29, 1.82) is 5.26 Å². The third kappa shape index (κ3) is 4.14. The Labute approximate surface area is 96.1 Å². The van der Waals surface area contributed by atoms with E-state index in [0.717, 1.165) is 24.9 Å². The highest BCUT2D eigenvalue weighted by Crippen LogP contribution is 2.10. The summed E-state index contributed by atoms with van der Waals surface area (Å²) >= 11 is 0. The van der Waals surface area contributed by atoms with Crippen LogP contribution in [0.1, 0.15) is 38.2 Å². The molecule has 0 aliphatic rings. The predicted molar refractivity (Wildman–Crippen MR) is 63.9 cm³/mol. The van der Waals surface area contributed by atoms with Gasteiger partial charge in [0.2, 0.25) is 5.91 Å². The fourth-order valence-electron chi connectivity index (χ4n) is 1.39. The van der Waals surface area contributed by atoms with Crippen LogP contribution >= 0.6 is 0 Å². The van der Waals surface area contributed by atoms with Crippen molar-refractivity contribution in [2.75, 3.05) is 5.32 Å². The van der Waals surface area contributed by atoms with Gasteiger partial charge in [-0.05, 0) is 30.7 Å². The Balaban J connectivity index is 2.41. The minimum atomic E-state index is 0.0400. The SMILES string of the molecule is CCCCCC(=O)Nc1ccc(C#N)cc1. The number of hydrogen-bond acceptors (Lipinski definition) is 2. The second kappa shape index (κ2) is 6.62. The van der Waals surface area contributed by atoms with Gasteiger partial charge in [-0.15, -0.1) is 0 Å². The maximum absolute atomic E-state index is 11.5. The van der Waals surface area contributed by atoms with Crippen LogP contribution in [0.5, 0.6) is 0 Å². The second-order valence-electron chi connectivity index (χ2n) is 3.69. The lowest BCUT2D eigenvalue weighted by Gasteiger charge is -2.04. The molecule has 1 aromatic rings. The van der Waals surface area contributed by atoms with E-state index < -0.39 is 0 Å². The summed E-state index contributed by atoms with van der Waals surface area (Å²) in [6.07, 6.45) is 3.69. The van der Waals surface area contributed by atoms with Crippen molar-refractivity contribution in [1.82, 2.24) is 0 Å². The summed E-state index contributed by atoms with van der Waals surface area (Å²) in [5.74, 6) is 0.0400. The molecule has 0 aliphatic carbocycles. The van der Waals surface area contributed by atoms with E-state index in [-0.39, 0.29) is 5.91 Å². The van der Waals surface area contributed by atoms with Gasteiger partial charge in [0.05, 0.1) is 11.6 Å². The number of anilines is 1. The van der Waals surface area contributed by atoms with Gasteiger partial charge in [-0.2, -0.15) is 5.26 Å². The molecule has 16 heavy (non-hydrogen) atoms. The zero-order valence-electron chi connectivity index (χ0n) is 9.49. The summed E-state index contributed by atoms with van der Waals surface area (Å²) in [6.45, 7) is 2.11. The van der Waals surface area contributed by atoms with Crippen LogP contribution in [-0.2, 0) is 4.79 Å². The Hall–Kier alpha value is -1.82. The third-order valence-corrected chi connectivity index (χ3v) is 2.31. The Kier molecular flexibility index (Phi) is 5.07. The molecule has 0 saturated heterocycles. The summed E-state index contributed by atoms with van der Waals surface area (Å²) in [4.78, 5) is 11.5. The maximum Gasteiger partial charge on any atom is 0.224 e. The lowest BCUT2D eigenvalue weighted by molar-refractivity contribution is -0.116. The summed E-state index contributed by atoms with van der Waals surface area (Å²) in [7, 11) is 0. The van der Waals surface area contributed by atoms with E-state index in [0.29, 0.717) is 12.0 Å². The van der Waals surface area contributed by atoms with Crippen LogP contribution < -0.4 is 5.32 Å². The van der Waals surface area contributed by atoms with Crippen molar-refractivity contribution in [3.8, 4) is 6.07 Å². The number of carbonyl (C=O) groups excluding carboxylic acids is 1. The van der Waals surface area contributed by atoms with Gasteiger partial charge >= 0.3 is 0 Å². The quantitative estimate of drug-likeness (QED) is 0.769. The summed E-state index contributed by atoms with van der Waals surface area (Å²) < 4.78 is 0. The van der Waals surface area contributed by atoms with Crippen molar-refractivity contribution < 1.29 is 4.79 Å². The van der Waals surface area contributed by atoms with Gasteiger partial charge in [0, 0.05) is 12.1 Å². The molecule has 0 saturated carbocycles. The van der Waals surface area contributed by atoms with Crippen molar-refractivity contribution in [3.05, 3.63) is 29.8 Å². The monoisotopic (exact) mass is 216 g/mol. The maximum atomic E-state index is 11.5. The van der Waals surface area contributed by atoms with Crippen LogP contribution in [0.3, 0.4) is 0 Å². The molecule has 0 heterocycles. The first-order valence-corrected chi connectivity index (χ1v) is 5.56. The normalized spacial score (nSPS) is 9.50. The number of amides is 1. The Morgan fingerprint density at radius 1 is 1.31 bits per heavy atom. The molecular formula is C13H16N2O. The molecule has 1 amide bonds. The van der Waals surface area contributed by atoms with Crippen LogP contribution in [0.15, 0.2) is 24.3 Å². The summed E-state index contributed by atoms with van der Waals surface area (Å²) in [5, 5.41) is 11.4. The molecule has 84 valence electrons. The lowest BCUT2D eigenvalue weighted by Crippen LogP contribution is -2.10. The average molecular weight is 216 g/mol. The second-order valence-corrected chi connectivity index (χ2v) is 3.69. The van der Waals surface area contributed by atoms with Crippen molar-refractivity contribution >= 4 is 11.6 Å². The molecule has 0 unspecified atom stereocenters. The molecule has 1 aromatic carbocycles. The Bertz CT molecular complexity index is 376. The first-order chi connectivity index (χ1) is 7.76. The fraction of sp³-hybridized carbons (Fsp3) is 0.385. The van der Waals surface area contributed by atoms with Gasteiger partial charge in [-0.3, -0.25) is 4.79 Å². The molecule has 0 radical (unpaired) electrons. The van der Waals surface area contributed by atoms with Crippen molar-refractivity contribution in [2.24, 2.45) is 0 Å². The zero-order chi connectivity index (χ0) is 11.8. The molecule has 0 aromatic heterocycles. The highest BCUT2D eigenvalue weighted by molar-refractivity contribution is 5.90. The van der Waals surface area contributed by atoms with E-state index in [9.17, 15) is 4.79 Å². The summed E-state index contributed by atoms with van der Waals surface area (Å²) in [6, 6.07) is 8.92. The van der Waals surface area contributed by atoms with Crippen molar-refractivity contribution in [2.45, 2.75) is 32.6 Å². The van der Waals surface area contributed by atoms with Gasteiger partial charge in [0.1, 0.15) is 0 Å². The van der Waals surface area contributed by atoms with E-state index in [2.05, 4.69) is 12.2 Å². The number of hydrogen-bond donors (Lipinski definition) is 1. The molecule has 0 bridgehead atoms. The van der Waals surface area contributed by atoms with E-state index in [4.69, 9.17) is 5.26 Å². The van der Waals surface area contributed by atoms with E-state index in [1.807, 2.05) is 6.07 Å². The Morgan fingerprint density at radius 2 is 2.00 bits per heavy atom.